The van der Waals surface area contributed by atoms with Gasteiger partial charge in [0.2, 0.25) is 0 Å². The highest BCUT2D eigenvalue weighted by molar-refractivity contribution is 9.08. The first-order valence-electron chi connectivity index (χ1n) is 4.21. The first-order valence-corrected chi connectivity index (χ1v) is 5.33. The number of ether oxygens (including phenoxy) is 1. The average Bonchev–Trinajstić information content (AvgIpc) is 2.19. The number of carboxylic acids is 1. The summed E-state index contributed by atoms with van der Waals surface area (Å²) in [6, 6.07) is 2.70. The van der Waals surface area contributed by atoms with Crippen molar-refractivity contribution >= 4 is 21.9 Å². The number of benzene rings is 1. The van der Waals surface area contributed by atoms with E-state index in [4.69, 9.17) is 9.84 Å². The van der Waals surface area contributed by atoms with E-state index in [0.29, 0.717) is 16.5 Å². The second-order valence-corrected chi connectivity index (χ2v) is 3.52. The van der Waals surface area contributed by atoms with Gasteiger partial charge in [-0.25, -0.2) is 4.39 Å². The van der Waals surface area contributed by atoms with E-state index in [2.05, 4.69) is 15.9 Å². The highest BCUT2D eigenvalue weighted by atomic mass is 79.9. The van der Waals surface area contributed by atoms with Crippen LogP contribution >= 0.6 is 15.9 Å². The van der Waals surface area contributed by atoms with E-state index in [1.54, 1.807) is 0 Å². The molecule has 1 aromatic rings. The van der Waals surface area contributed by atoms with Crippen LogP contribution in [0.2, 0.25) is 0 Å². The Morgan fingerprint density at radius 1 is 1.53 bits per heavy atom. The first kappa shape index (κ1) is 12.0. The van der Waals surface area contributed by atoms with Crippen LogP contribution in [0.15, 0.2) is 12.1 Å². The molecule has 1 N–H and O–H groups in total. The summed E-state index contributed by atoms with van der Waals surface area (Å²) in [5.74, 6) is -1.37. The minimum Gasteiger partial charge on any atom is -0.494 e. The number of halogens is 2. The monoisotopic (exact) mass is 276 g/mol. The zero-order valence-corrected chi connectivity index (χ0v) is 9.67. The summed E-state index contributed by atoms with van der Waals surface area (Å²) in [6.07, 6.45) is -0.141. The maximum absolute atomic E-state index is 13.3. The Labute approximate surface area is 95.0 Å². The molecule has 0 saturated heterocycles. The molecular weight excluding hydrogens is 267 g/mol. The van der Waals surface area contributed by atoms with Crippen molar-refractivity contribution in [1.82, 2.24) is 0 Å². The summed E-state index contributed by atoms with van der Waals surface area (Å²) >= 11 is 3.18. The van der Waals surface area contributed by atoms with Gasteiger partial charge in [0, 0.05) is 5.33 Å². The van der Waals surface area contributed by atoms with Crippen LogP contribution in [-0.4, -0.2) is 18.2 Å². The van der Waals surface area contributed by atoms with Crippen molar-refractivity contribution in [2.75, 3.05) is 7.11 Å². The van der Waals surface area contributed by atoms with E-state index in [-0.39, 0.29) is 12.2 Å². The Balaban J connectivity index is 3.16. The number of alkyl halides is 1. The Morgan fingerprint density at radius 3 is 2.67 bits per heavy atom. The van der Waals surface area contributed by atoms with E-state index in [0.717, 1.165) is 0 Å². The second kappa shape index (κ2) is 5.11. The quantitative estimate of drug-likeness (QED) is 0.859. The molecule has 0 aliphatic carbocycles. The van der Waals surface area contributed by atoms with E-state index in [1.165, 1.54) is 19.2 Å². The zero-order valence-electron chi connectivity index (χ0n) is 8.09. The number of carboxylic acid groups (broad SMARTS) is 1. The molecule has 1 aromatic carbocycles. The maximum Gasteiger partial charge on any atom is 0.307 e. The highest BCUT2D eigenvalue weighted by Gasteiger charge is 2.11. The van der Waals surface area contributed by atoms with Gasteiger partial charge in [0.25, 0.3) is 0 Å². The largest absolute Gasteiger partial charge is 0.494 e. The number of hydrogen-bond donors (Lipinski definition) is 1. The molecular formula is C10H10BrFO3. The molecule has 0 atom stereocenters. The minimum atomic E-state index is -0.953. The van der Waals surface area contributed by atoms with Gasteiger partial charge in [-0.1, -0.05) is 15.9 Å². The fourth-order valence-corrected chi connectivity index (χ4v) is 1.77. The van der Waals surface area contributed by atoms with Crippen LogP contribution in [0.3, 0.4) is 0 Å². The van der Waals surface area contributed by atoms with Crippen LogP contribution in [0.25, 0.3) is 0 Å². The van der Waals surface area contributed by atoms with Crippen molar-refractivity contribution in [2.24, 2.45) is 0 Å². The third-order valence-corrected chi connectivity index (χ3v) is 2.56. The zero-order chi connectivity index (χ0) is 11.4. The topological polar surface area (TPSA) is 46.5 Å². The van der Waals surface area contributed by atoms with Gasteiger partial charge in [0.05, 0.1) is 13.5 Å². The lowest BCUT2D eigenvalue weighted by molar-refractivity contribution is -0.136. The summed E-state index contributed by atoms with van der Waals surface area (Å²) in [5.41, 5.74) is 1.17. The summed E-state index contributed by atoms with van der Waals surface area (Å²) in [7, 11) is 1.34. The highest BCUT2D eigenvalue weighted by Crippen LogP contribution is 2.24. The smallest absolute Gasteiger partial charge is 0.307 e. The molecule has 0 aliphatic rings. The fourth-order valence-electron chi connectivity index (χ4n) is 1.24. The Bertz CT molecular complexity index is 379. The van der Waals surface area contributed by atoms with Crippen molar-refractivity contribution in [1.29, 1.82) is 0 Å². The first-order chi connectivity index (χ1) is 7.08. The van der Waals surface area contributed by atoms with E-state index < -0.39 is 11.8 Å². The summed E-state index contributed by atoms with van der Waals surface area (Å²) in [6.45, 7) is 0. The van der Waals surface area contributed by atoms with Gasteiger partial charge < -0.3 is 9.84 Å². The van der Waals surface area contributed by atoms with Crippen LogP contribution in [0.5, 0.6) is 5.75 Å². The van der Waals surface area contributed by atoms with Gasteiger partial charge in [-0.2, -0.15) is 0 Å². The Hall–Kier alpha value is -1.10. The van der Waals surface area contributed by atoms with Gasteiger partial charge in [-0.05, 0) is 23.3 Å². The molecule has 0 heterocycles. The van der Waals surface area contributed by atoms with Crippen molar-refractivity contribution < 1.29 is 19.0 Å². The third kappa shape index (κ3) is 2.92. The summed E-state index contributed by atoms with van der Waals surface area (Å²) < 4.78 is 18.0. The molecule has 3 nitrogen and oxygen atoms in total. The molecule has 0 radical (unpaired) electrons. The number of carbonyl (C=O) groups is 1. The van der Waals surface area contributed by atoms with E-state index in [9.17, 15) is 9.18 Å². The van der Waals surface area contributed by atoms with Crippen molar-refractivity contribution in [3.63, 3.8) is 0 Å². The van der Waals surface area contributed by atoms with Gasteiger partial charge in [0.15, 0.2) is 11.6 Å². The van der Waals surface area contributed by atoms with Crippen molar-refractivity contribution in [3.05, 3.63) is 29.1 Å². The average molecular weight is 277 g/mol. The summed E-state index contributed by atoms with van der Waals surface area (Å²) in [5, 5.41) is 9.08. The normalized spacial score (nSPS) is 10.1. The van der Waals surface area contributed by atoms with Crippen LogP contribution < -0.4 is 4.74 Å². The maximum atomic E-state index is 13.3. The van der Waals surface area contributed by atoms with Crippen molar-refractivity contribution in [3.8, 4) is 5.75 Å². The molecule has 0 bridgehead atoms. The van der Waals surface area contributed by atoms with Crippen LogP contribution in [0.4, 0.5) is 4.39 Å². The molecule has 15 heavy (non-hydrogen) atoms. The Kier molecular flexibility index (Phi) is 4.08. The molecule has 0 aromatic heterocycles. The Morgan fingerprint density at radius 2 is 2.20 bits per heavy atom. The van der Waals surface area contributed by atoms with Gasteiger partial charge in [0.1, 0.15) is 0 Å². The fraction of sp³-hybridized carbons (Fsp3) is 0.300. The van der Waals surface area contributed by atoms with E-state index in [1.807, 2.05) is 0 Å². The number of rotatable bonds is 4. The molecule has 0 fully saturated rings. The molecule has 5 heteroatoms. The van der Waals surface area contributed by atoms with E-state index >= 15 is 0 Å². The molecule has 1 rings (SSSR count). The lowest BCUT2D eigenvalue weighted by Gasteiger charge is -2.08. The van der Waals surface area contributed by atoms with Gasteiger partial charge >= 0.3 is 5.97 Å². The SMILES string of the molecule is COc1cc(CC(=O)O)c(CBr)cc1F. The number of methoxy groups -OCH3 is 1. The third-order valence-electron chi connectivity index (χ3n) is 1.96. The number of aliphatic carboxylic acids is 1. The molecule has 82 valence electrons. The van der Waals surface area contributed by atoms with Crippen LogP contribution in [0, 0.1) is 5.82 Å². The standard InChI is InChI=1S/C10H10BrFO3/c1-15-9-3-6(4-10(13)14)7(5-11)2-8(9)12/h2-3H,4-5H2,1H3,(H,13,14). The van der Waals surface area contributed by atoms with Gasteiger partial charge in [-0.15, -0.1) is 0 Å². The molecule has 0 unspecified atom stereocenters. The second-order valence-electron chi connectivity index (χ2n) is 2.96. The predicted molar refractivity (Wildman–Crippen MR) is 56.9 cm³/mol. The molecule has 0 saturated carbocycles. The van der Waals surface area contributed by atoms with Crippen LogP contribution in [0.1, 0.15) is 11.1 Å². The van der Waals surface area contributed by atoms with Gasteiger partial charge in [-0.3, -0.25) is 4.79 Å². The summed E-state index contributed by atoms with van der Waals surface area (Å²) in [4.78, 5) is 10.6. The van der Waals surface area contributed by atoms with Crippen LogP contribution in [-0.2, 0) is 16.5 Å². The number of hydrogen-bond acceptors (Lipinski definition) is 2. The van der Waals surface area contributed by atoms with Crippen molar-refractivity contribution in [2.45, 2.75) is 11.8 Å². The lowest BCUT2D eigenvalue weighted by Crippen LogP contribution is -2.04. The molecule has 0 spiro atoms. The predicted octanol–water partition coefficient (Wildman–Crippen LogP) is 2.36. The minimum absolute atomic E-state index is 0.0657. The molecule has 0 amide bonds. The lowest BCUT2D eigenvalue weighted by atomic mass is 10.1. The molecule has 0 aliphatic heterocycles.